The normalized spacial score (nSPS) is 24.1. The molecule has 1 atom stereocenters. The van der Waals surface area contributed by atoms with Gasteiger partial charge >= 0.3 is 0 Å². The van der Waals surface area contributed by atoms with Gasteiger partial charge in [0, 0.05) is 29.8 Å². The van der Waals surface area contributed by atoms with Crippen LogP contribution in [-0.2, 0) is 0 Å². The summed E-state index contributed by atoms with van der Waals surface area (Å²) in [4.78, 5) is 7.05. The van der Waals surface area contributed by atoms with E-state index in [-0.39, 0.29) is 0 Å². The molecule has 16 heavy (non-hydrogen) atoms. The monoisotopic (exact) mass is 281 g/mol. The van der Waals surface area contributed by atoms with E-state index in [1.807, 2.05) is 6.20 Å². The third kappa shape index (κ3) is 1.79. The lowest BCUT2D eigenvalue weighted by Gasteiger charge is -2.37. The van der Waals surface area contributed by atoms with Crippen molar-refractivity contribution >= 4 is 27.4 Å². The number of fused-ring (bicyclic) bond motifs is 3. The van der Waals surface area contributed by atoms with E-state index in [4.69, 9.17) is 0 Å². The summed E-state index contributed by atoms with van der Waals surface area (Å²) in [6.45, 7) is 2.22. The molecular formula is C12H16BrN3. The number of anilines is 2. The Balaban J connectivity index is 1.97. The van der Waals surface area contributed by atoms with Gasteiger partial charge in [-0.25, -0.2) is 4.98 Å². The van der Waals surface area contributed by atoms with E-state index in [0.717, 1.165) is 23.4 Å². The highest BCUT2D eigenvalue weighted by Gasteiger charge is 2.28. The van der Waals surface area contributed by atoms with E-state index in [1.165, 1.54) is 31.4 Å². The fourth-order valence-corrected chi connectivity index (χ4v) is 3.02. The van der Waals surface area contributed by atoms with Crippen LogP contribution in [0.25, 0.3) is 0 Å². The summed E-state index contributed by atoms with van der Waals surface area (Å²) in [6, 6.07) is 2.77. The van der Waals surface area contributed by atoms with Gasteiger partial charge in [-0.2, -0.15) is 0 Å². The molecule has 0 bridgehead atoms. The maximum Gasteiger partial charge on any atom is 0.152 e. The van der Waals surface area contributed by atoms with Crippen molar-refractivity contribution in [3.63, 3.8) is 0 Å². The zero-order chi connectivity index (χ0) is 11.0. The summed E-state index contributed by atoms with van der Waals surface area (Å²) in [5, 5.41) is 3.50. The highest BCUT2D eigenvalue weighted by molar-refractivity contribution is 9.10. The second-order valence-electron chi connectivity index (χ2n) is 4.60. The number of nitrogens with zero attached hydrogens (tertiary/aromatic N) is 2. The van der Waals surface area contributed by atoms with Crippen LogP contribution in [0.15, 0.2) is 16.7 Å². The van der Waals surface area contributed by atoms with Gasteiger partial charge in [-0.15, -0.1) is 0 Å². The molecule has 1 unspecified atom stereocenters. The van der Waals surface area contributed by atoms with Crippen LogP contribution in [-0.4, -0.2) is 24.1 Å². The van der Waals surface area contributed by atoms with Gasteiger partial charge in [0.1, 0.15) is 0 Å². The fourth-order valence-electron chi connectivity index (χ4n) is 2.69. The molecule has 1 aromatic heterocycles. The molecular weight excluding hydrogens is 266 g/mol. The van der Waals surface area contributed by atoms with E-state index < -0.39 is 0 Å². The van der Waals surface area contributed by atoms with Gasteiger partial charge in [0.05, 0.1) is 5.69 Å². The number of pyridine rings is 1. The largest absolute Gasteiger partial charge is 0.380 e. The maximum absolute atomic E-state index is 4.56. The first kappa shape index (κ1) is 10.4. The number of hydrogen-bond donors (Lipinski definition) is 1. The first-order chi connectivity index (χ1) is 7.84. The number of hydrogen-bond acceptors (Lipinski definition) is 3. The summed E-state index contributed by atoms with van der Waals surface area (Å²) in [7, 11) is 0. The van der Waals surface area contributed by atoms with Crippen LogP contribution in [0.2, 0.25) is 0 Å². The van der Waals surface area contributed by atoms with Gasteiger partial charge in [0.15, 0.2) is 5.82 Å². The van der Waals surface area contributed by atoms with Crippen molar-refractivity contribution in [3.8, 4) is 0 Å². The average Bonchev–Trinajstić information content (AvgIpc) is 2.53. The van der Waals surface area contributed by atoms with E-state index >= 15 is 0 Å². The Morgan fingerprint density at radius 1 is 1.38 bits per heavy atom. The summed E-state index contributed by atoms with van der Waals surface area (Å²) in [5.74, 6) is 1.14. The standard InChI is InChI=1S/C12H16BrN3/c13-9-6-11-12(15-7-9)16-5-3-1-2-4-10(16)8-14-11/h6-7,10,14H,1-5,8H2. The second kappa shape index (κ2) is 4.24. The Bertz CT molecular complexity index is 394. The quantitative estimate of drug-likeness (QED) is 0.792. The third-order valence-corrected chi connectivity index (χ3v) is 3.94. The Hall–Kier alpha value is -0.770. The van der Waals surface area contributed by atoms with Crippen molar-refractivity contribution in [2.75, 3.05) is 23.3 Å². The van der Waals surface area contributed by atoms with Crippen LogP contribution in [0.1, 0.15) is 25.7 Å². The molecule has 2 aliphatic heterocycles. The third-order valence-electron chi connectivity index (χ3n) is 3.51. The zero-order valence-corrected chi connectivity index (χ0v) is 10.8. The van der Waals surface area contributed by atoms with Gasteiger partial charge in [-0.3, -0.25) is 0 Å². The Morgan fingerprint density at radius 2 is 2.31 bits per heavy atom. The highest BCUT2D eigenvalue weighted by atomic mass is 79.9. The maximum atomic E-state index is 4.56. The van der Waals surface area contributed by atoms with Gasteiger partial charge < -0.3 is 10.2 Å². The lowest BCUT2D eigenvalue weighted by atomic mass is 10.1. The number of nitrogens with one attached hydrogen (secondary N) is 1. The van der Waals surface area contributed by atoms with Gasteiger partial charge in [-0.05, 0) is 34.8 Å². The van der Waals surface area contributed by atoms with E-state index in [2.05, 4.69) is 37.2 Å². The Morgan fingerprint density at radius 3 is 3.25 bits per heavy atom. The lowest BCUT2D eigenvalue weighted by Crippen LogP contribution is -2.44. The average molecular weight is 282 g/mol. The van der Waals surface area contributed by atoms with Crippen LogP contribution >= 0.6 is 15.9 Å². The topological polar surface area (TPSA) is 28.2 Å². The van der Waals surface area contributed by atoms with Crippen molar-refractivity contribution in [3.05, 3.63) is 16.7 Å². The molecule has 3 heterocycles. The van der Waals surface area contributed by atoms with Crippen molar-refractivity contribution in [2.24, 2.45) is 0 Å². The molecule has 0 spiro atoms. The molecule has 86 valence electrons. The predicted molar refractivity (Wildman–Crippen MR) is 70.0 cm³/mol. The zero-order valence-electron chi connectivity index (χ0n) is 9.25. The van der Waals surface area contributed by atoms with E-state index in [9.17, 15) is 0 Å². The van der Waals surface area contributed by atoms with Gasteiger partial charge in [-0.1, -0.05) is 12.8 Å². The molecule has 3 nitrogen and oxygen atoms in total. The molecule has 1 fully saturated rings. The van der Waals surface area contributed by atoms with Crippen molar-refractivity contribution in [1.82, 2.24) is 4.98 Å². The fraction of sp³-hybridized carbons (Fsp3) is 0.583. The highest BCUT2D eigenvalue weighted by Crippen LogP contribution is 2.34. The SMILES string of the molecule is Brc1cnc2c(c1)NCC1CCCCCN21. The Kier molecular flexibility index (Phi) is 2.75. The van der Waals surface area contributed by atoms with Crippen LogP contribution in [0.4, 0.5) is 11.5 Å². The second-order valence-corrected chi connectivity index (χ2v) is 5.52. The molecule has 1 saturated heterocycles. The number of rotatable bonds is 0. The van der Waals surface area contributed by atoms with E-state index in [0.29, 0.717) is 6.04 Å². The van der Waals surface area contributed by atoms with Crippen molar-refractivity contribution < 1.29 is 0 Å². The van der Waals surface area contributed by atoms with Gasteiger partial charge in [0.25, 0.3) is 0 Å². The number of aromatic nitrogens is 1. The molecule has 0 aliphatic carbocycles. The Labute approximate surface area is 104 Å². The summed E-state index contributed by atoms with van der Waals surface area (Å²) < 4.78 is 1.05. The van der Waals surface area contributed by atoms with Crippen LogP contribution in [0.3, 0.4) is 0 Å². The first-order valence-electron chi connectivity index (χ1n) is 6.00. The smallest absolute Gasteiger partial charge is 0.152 e. The first-order valence-corrected chi connectivity index (χ1v) is 6.80. The predicted octanol–water partition coefficient (Wildman–Crippen LogP) is 3.02. The lowest BCUT2D eigenvalue weighted by molar-refractivity contribution is 0.577. The molecule has 1 aromatic rings. The molecule has 4 heteroatoms. The minimum absolute atomic E-state index is 0.642. The van der Waals surface area contributed by atoms with Crippen LogP contribution in [0, 0.1) is 0 Å². The molecule has 0 saturated carbocycles. The van der Waals surface area contributed by atoms with Crippen molar-refractivity contribution in [1.29, 1.82) is 0 Å². The summed E-state index contributed by atoms with van der Waals surface area (Å²) in [5.41, 5.74) is 1.17. The minimum Gasteiger partial charge on any atom is -0.380 e. The van der Waals surface area contributed by atoms with Gasteiger partial charge in [0.2, 0.25) is 0 Å². The molecule has 2 aliphatic rings. The molecule has 1 N–H and O–H groups in total. The summed E-state index contributed by atoms with van der Waals surface area (Å²) in [6.07, 6.45) is 7.21. The molecule has 0 radical (unpaired) electrons. The number of halogens is 1. The molecule has 3 rings (SSSR count). The molecule has 0 aromatic carbocycles. The van der Waals surface area contributed by atoms with E-state index in [1.54, 1.807) is 0 Å². The van der Waals surface area contributed by atoms with Crippen molar-refractivity contribution in [2.45, 2.75) is 31.7 Å². The molecule has 0 amide bonds. The summed E-state index contributed by atoms with van der Waals surface area (Å²) >= 11 is 3.47. The van der Waals surface area contributed by atoms with Crippen LogP contribution < -0.4 is 10.2 Å². The van der Waals surface area contributed by atoms with Crippen LogP contribution in [0.5, 0.6) is 0 Å². The minimum atomic E-state index is 0.642.